The van der Waals surface area contributed by atoms with Gasteiger partial charge < -0.3 is 10.1 Å². The van der Waals surface area contributed by atoms with E-state index < -0.39 is 0 Å². The molecule has 0 spiro atoms. The van der Waals surface area contributed by atoms with E-state index in [1.54, 1.807) is 0 Å². The van der Waals surface area contributed by atoms with Gasteiger partial charge in [0.2, 0.25) is 5.91 Å². The van der Waals surface area contributed by atoms with Gasteiger partial charge in [-0.1, -0.05) is 19.9 Å². The van der Waals surface area contributed by atoms with Crippen LogP contribution in [-0.2, 0) is 14.3 Å². The summed E-state index contributed by atoms with van der Waals surface area (Å²) in [4.78, 5) is 24.1. The summed E-state index contributed by atoms with van der Waals surface area (Å²) in [5.74, 6) is 1.98. The quantitative estimate of drug-likeness (QED) is 0.751. The lowest BCUT2D eigenvalue weighted by Crippen LogP contribution is -2.61. The number of ether oxygens (including phenoxy) is 1. The van der Waals surface area contributed by atoms with Crippen molar-refractivity contribution >= 4 is 11.9 Å². The molecule has 1 N–H and O–H groups in total. The first kappa shape index (κ1) is 16.2. The zero-order valence-electron chi connectivity index (χ0n) is 15.1. The number of amides is 1. The van der Waals surface area contributed by atoms with Crippen LogP contribution in [0.5, 0.6) is 0 Å². The zero-order valence-corrected chi connectivity index (χ0v) is 15.1. The molecular formula is C20H29NO3. The van der Waals surface area contributed by atoms with E-state index in [9.17, 15) is 9.59 Å². The molecule has 0 aromatic rings. The number of rotatable bonds is 1. The van der Waals surface area contributed by atoms with E-state index in [0.717, 1.165) is 37.7 Å². The highest BCUT2D eigenvalue weighted by molar-refractivity contribution is 5.90. The molecule has 3 aliphatic carbocycles. The van der Waals surface area contributed by atoms with E-state index in [2.05, 4.69) is 25.2 Å². The zero-order chi connectivity index (χ0) is 17.1. The van der Waals surface area contributed by atoms with Crippen LogP contribution < -0.4 is 5.32 Å². The molecule has 4 nitrogen and oxygen atoms in total. The predicted molar refractivity (Wildman–Crippen MR) is 91.0 cm³/mol. The number of esters is 1. The molecule has 1 amide bonds. The van der Waals surface area contributed by atoms with Crippen LogP contribution in [0, 0.1) is 28.6 Å². The second kappa shape index (κ2) is 5.34. The van der Waals surface area contributed by atoms with Gasteiger partial charge in [-0.05, 0) is 61.7 Å². The van der Waals surface area contributed by atoms with Gasteiger partial charge in [-0.25, -0.2) is 4.79 Å². The number of piperidine rings is 1. The Kier molecular flexibility index (Phi) is 3.59. The summed E-state index contributed by atoms with van der Waals surface area (Å²) in [6.45, 7) is 4.68. The molecule has 24 heavy (non-hydrogen) atoms. The normalized spacial score (nSPS) is 47.0. The molecule has 0 radical (unpaired) electrons. The average Bonchev–Trinajstić information content (AvgIpc) is 2.92. The lowest BCUT2D eigenvalue weighted by molar-refractivity contribution is -0.141. The van der Waals surface area contributed by atoms with Gasteiger partial charge in [0.1, 0.15) is 0 Å². The number of nitrogens with one attached hydrogen (secondary N) is 1. The highest BCUT2D eigenvalue weighted by atomic mass is 16.5. The van der Waals surface area contributed by atoms with Crippen LogP contribution in [0.2, 0.25) is 0 Å². The Bertz CT molecular complexity index is 612. The van der Waals surface area contributed by atoms with Gasteiger partial charge in [-0.15, -0.1) is 0 Å². The molecule has 4 aliphatic rings. The number of allylic oxidation sites excluding steroid dienone is 1. The molecule has 1 heterocycles. The van der Waals surface area contributed by atoms with E-state index >= 15 is 0 Å². The van der Waals surface area contributed by atoms with E-state index in [0.29, 0.717) is 30.2 Å². The molecule has 1 unspecified atom stereocenters. The Labute approximate surface area is 144 Å². The third-order valence-electron chi connectivity index (χ3n) is 8.08. The van der Waals surface area contributed by atoms with Gasteiger partial charge in [-0.2, -0.15) is 0 Å². The van der Waals surface area contributed by atoms with E-state index in [4.69, 9.17) is 4.74 Å². The second-order valence-electron chi connectivity index (χ2n) is 8.88. The number of carbonyl (C=O) groups is 2. The Morgan fingerprint density at radius 3 is 2.75 bits per heavy atom. The fraction of sp³-hybridized carbons (Fsp3) is 0.800. The van der Waals surface area contributed by atoms with Crippen molar-refractivity contribution in [3.8, 4) is 0 Å². The minimum absolute atomic E-state index is 0.0185. The smallest absolute Gasteiger partial charge is 0.333 e. The van der Waals surface area contributed by atoms with E-state index in [1.165, 1.54) is 13.5 Å². The van der Waals surface area contributed by atoms with Gasteiger partial charge in [-0.3, -0.25) is 4.79 Å². The maximum Gasteiger partial charge on any atom is 0.333 e. The summed E-state index contributed by atoms with van der Waals surface area (Å²) in [7, 11) is 1.49. The van der Waals surface area contributed by atoms with Crippen molar-refractivity contribution in [3.63, 3.8) is 0 Å². The van der Waals surface area contributed by atoms with Crippen molar-refractivity contribution < 1.29 is 14.3 Å². The van der Waals surface area contributed by atoms with Gasteiger partial charge in [0.15, 0.2) is 0 Å². The first-order valence-corrected chi connectivity index (χ1v) is 9.48. The first-order valence-electron chi connectivity index (χ1n) is 9.48. The molecule has 2 saturated carbocycles. The van der Waals surface area contributed by atoms with Crippen LogP contribution in [0.25, 0.3) is 0 Å². The maximum atomic E-state index is 12.2. The summed E-state index contributed by atoms with van der Waals surface area (Å²) >= 11 is 0. The predicted octanol–water partition coefficient (Wildman–Crippen LogP) is 3.22. The van der Waals surface area contributed by atoms with Crippen LogP contribution >= 0.6 is 0 Å². The van der Waals surface area contributed by atoms with Crippen molar-refractivity contribution in [2.75, 3.05) is 7.11 Å². The van der Waals surface area contributed by atoms with Crippen LogP contribution in [-0.4, -0.2) is 25.0 Å². The van der Waals surface area contributed by atoms with Crippen molar-refractivity contribution in [1.29, 1.82) is 0 Å². The average molecular weight is 331 g/mol. The van der Waals surface area contributed by atoms with Crippen molar-refractivity contribution in [1.82, 2.24) is 5.32 Å². The molecule has 0 aromatic carbocycles. The molecule has 0 aromatic heterocycles. The van der Waals surface area contributed by atoms with Gasteiger partial charge >= 0.3 is 5.97 Å². The van der Waals surface area contributed by atoms with Crippen molar-refractivity contribution in [3.05, 3.63) is 11.6 Å². The van der Waals surface area contributed by atoms with Gasteiger partial charge in [0.05, 0.1) is 7.11 Å². The number of methoxy groups -OCH3 is 1. The Morgan fingerprint density at radius 2 is 2.00 bits per heavy atom. The molecule has 3 fully saturated rings. The fourth-order valence-electron chi connectivity index (χ4n) is 6.70. The van der Waals surface area contributed by atoms with Crippen LogP contribution in [0.4, 0.5) is 0 Å². The van der Waals surface area contributed by atoms with Gasteiger partial charge in [0, 0.05) is 23.5 Å². The highest BCUT2D eigenvalue weighted by Crippen LogP contribution is 2.64. The molecule has 0 bridgehead atoms. The van der Waals surface area contributed by atoms with E-state index in [1.807, 2.05) is 0 Å². The van der Waals surface area contributed by atoms with Crippen molar-refractivity contribution in [2.45, 2.75) is 64.8 Å². The van der Waals surface area contributed by atoms with Crippen molar-refractivity contribution in [2.24, 2.45) is 28.6 Å². The lowest BCUT2D eigenvalue weighted by atomic mass is 9.47. The van der Waals surface area contributed by atoms with Crippen LogP contribution in [0.3, 0.4) is 0 Å². The van der Waals surface area contributed by atoms with E-state index in [-0.39, 0.29) is 22.7 Å². The first-order chi connectivity index (χ1) is 11.4. The monoisotopic (exact) mass is 331 g/mol. The molecular weight excluding hydrogens is 302 g/mol. The summed E-state index contributed by atoms with van der Waals surface area (Å²) in [5, 5.41) is 3.27. The summed E-state index contributed by atoms with van der Waals surface area (Å²) in [5.41, 5.74) is 1.12. The molecule has 4 rings (SSSR count). The molecule has 4 heteroatoms. The largest absolute Gasteiger partial charge is 0.466 e. The Balaban J connectivity index is 1.62. The maximum absolute atomic E-state index is 12.2. The SMILES string of the molecule is COC(=O)C1=CC[C@H]2[C@@H]3CCC4NC(=O)CC[C@]4(C)[C@H]3CC[C@]12C. The summed E-state index contributed by atoms with van der Waals surface area (Å²) < 4.78 is 5.05. The number of carbonyl (C=O) groups excluding carboxylic acids is 2. The molecule has 6 atom stereocenters. The second-order valence-corrected chi connectivity index (χ2v) is 8.88. The fourth-order valence-corrected chi connectivity index (χ4v) is 6.70. The van der Waals surface area contributed by atoms with Gasteiger partial charge in [0.25, 0.3) is 0 Å². The Hall–Kier alpha value is -1.32. The number of hydrogen-bond acceptors (Lipinski definition) is 3. The topological polar surface area (TPSA) is 55.4 Å². The number of fused-ring (bicyclic) bond motifs is 5. The highest BCUT2D eigenvalue weighted by Gasteiger charge is 2.59. The molecule has 1 aliphatic heterocycles. The van der Waals surface area contributed by atoms with Crippen LogP contribution in [0.15, 0.2) is 11.6 Å². The summed E-state index contributed by atoms with van der Waals surface area (Å²) in [6.07, 6.45) is 9.34. The minimum Gasteiger partial charge on any atom is -0.466 e. The minimum atomic E-state index is -0.136. The lowest BCUT2D eigenvalue weighted by Gasteiger charge is -2.59. The summed E-state index contributed by atoms with van der Waals surface area (Å²) in [6, 6.07) is 0.346. The standard InChI is InChI=1S/C20H29NO3/c1-19-10-8-14-12(13(19)5-6-15(19)18(23)24-3)4-7-16-20(14,2)11-9-17(22)21-16/h6,12-14,16H,4-5,7-11H2,1-3H3,(H,21,22)/t12-,13-,14-,16?,19-,20+/m0/s1. The molecule has 1 saturated heterocycles. The Morgan fingerprint density at radius 1 is 1.21 bits per heavy atom. The number of hydrogen-bond donors (Lipinski definition) is 1. The van der Waals surface area contributed by atoms with Crippen LogP contribution in [0.1, 0.15) is 58.8 Å². The third kappa shape index (κ3) is 2.04. The molecule has 132 valence electrons. The third-order valence-corrected chi connectivity index (χ3v) is 8.08.